The first kappa shape index (κ1) is 14.1. The van der Waals surface area contributed by atoms with E-state index in [1.807, 2.05) is 23.8 Å². The molecule has 2 rings (SSSR count). The van der Waals surface area contributed by atoms with Gasteiger partial charge in [-0.3, -0.25) is 0 Å². The van der Waals surface area contributed by atoms with Gasteiger partial charge >= 0.3 is 12.0 Å². The summed E-state index contributed by atoms with van der Waals surface area (Å²) in [5.41, 5.74) is 1.61. The highest BCUT2D eigenvalue weighted by atomic mass is 32.1. The standard InChI is InChI=1S/C14H14N2O3S/c1-9(11-5-6-20-8-11)15-14(19)16-12-4-2-3-10(7-12)13(17)18/h2-9H,1H3,(H,17,18)(H2,15,16,19). The Kier molecular flexibility index (Phi) is 4.37. The van der Waals surface area contributed by atoms with Crippen LogP contribution >= 0.6 is 11.3 Å². The van der Waals surface area contributed by atoms with Gasteiger partial charge in [0.05, 0.1) is 11.6 Å². The molecule has 2 aromatic rings. The van der Waals surface area contributed by atoms with Crippen LogP contribution < -0.4 is 10.6 Å². The third-order valence-corrected chi connectivity index (χ3v) is 3.46. The van der Waals surface area contributed by atoms with Crippen LogP contribution in [0.4, 0.5) is 10.5 Å². The Bertz CT molecular complexity index is 611. The zero-order valence-corrected chi connectivity index (χ0v) is 11.6. The molecule has 0 saturated heterocycles. The van der Waals surface area contributed by atoms with Gasteiger partial charge < -0.3 is 15.7 Å². The SMILES string of the molecule is CC(NC(=O)Nc1cccc(C(=O)O)c1)c1ccsc1. The van der Waals surface area contributed by atoms with Crippen molar-refractivity contribution >= 4 is 29.0 Å². The summed E-state index contributed by atoms with van der Waals surface area (Å²) in [4.78, 5) is 22.7. The van der Waals surface area contributed by atoms with E-state index in [-0.39, 0.29) is 17.6 Å². The third-order valence-electron chi connectivity index (χ3n) is 2.76. The molecule has 2 amide bonds. The second-order valence-electron chi connectivity index (χ2n) is 4.26. The first-order valence-corrected chi connectivity index (χ1v) is 6.93. The largest absolute Gasteiger partial charge is 0.478 e. The van der Waals surface area contributed by atoms with E-state index >= 15 is 0 Å². The first-order chi connectivity index (χ1) is 9.56. The van der Waals surface area contributed by atoms with Gasteiger partial charge in [0.25, 0.3) is 0 Å². The molecule has 0 spiro atoms. The van der Waals surface area contributed by atoms with E-state index in [0.29, 0.717) is 5.69 Å². The van der Waals surface area contributed by atoms with Gasteiger partial charge in [0.1, 0.15) is 0 Å². The first-order valence-electron chi connectivity index (χ1n) is 5.99. The molecule has 0 bridgehead atoms. The number of urea groups is 1. The summed E-state index contributed by atoms with van der Waals surface area (Å²) in [7, 11) is 0. The number of carboxylic acids is 1. The van der Waals surface area contributed by atoms with Gasteiger partial charge in [-0.15, -0.1) is 0 Å². The van der Waals surface area contributed by atoms with Crippen molar-refractivity contribution in [2.45, 2.75) is 13.0 Å². The Morgan fingerprint density at radius 1 is 1.30 bits per heavy atom. The normalized spacial score (nSPS) is 11.7. The van der Waals surface area contributed by atoms with Gasteiger partial charge in [-0.25, -0.2) is 9.59 Å². The average molecular weight is 290 g/mol. The molecule has 104 valence electrons. The topological polar surface area (TPSA) is 78.4 Å². The summed E-state index contributed by atoms with van der Waals surface area (Å²) in [5.74, 6) is -1.03. The maximum atomic E-state index is 11.8. The van der Waals surface area contributed by atoms with Crippen molar-refractivity contribution in [3.8, 4) is 0 Å². The van der Waals surface area contributed by atoms with Crippen molar-refractivity contribution in [3.63, 3.8) is 0 Å². The van der Waals surface area contributed by atoms with Crippen molar-refractivity contribution in [1.29, 1.82) is 0 Å². The van der Waals surface area contributed by atoms with Gasteiger partial charge in [-0.1, -0.05) is 6.07 Å². The molecule has 3 N–H and O–H groups in total. The molecule has 1 aromatic heterocycles. The molecule has 1 atom stereocenters. The van der Waals surface area contributed by atoms with Gasteiger partial charge in [-0.2, -0.15) is 11.3 Å². The summed E-state index contributed by atoms with van der Waals surface area (Å²) < 4.78 is 0. The molecule has 0 aliphatic heterocycles. The maximum absolute atomic E-state index is 11.8. The summed E-state index contributed by atoms with van der Waals surface area (Å²) >= 11 is 1.57. The van der Waals surface area contributed by atoms with Crippen LogP contribution in [0.25, 0.3) is 0 Å². The van der Waals surface area contributed by atoms with Crippen molar-refractivity contribution in [2.24, 2.45) is 0 Å². The van der Waals surface area contributed by atoms with E-state index in [9.17, 15) is 9.59 Å². The second-order valence-corrected chi connectivity index (χ2v) is 5.04. The smallest absolute Gasteiger partial charge is 0.335 e. The molecule has 0 radical (unpaired) electrons. The lowest BCUT2D eigenvalue weighted by atomic mass is 10.2. The number of carbonyl (C=O) groups is 2. The minimum Gasteiger partial charge on any atom is -0.478 e. The number of nitrogens with one attached hydrogen (secondary N) is 2. The van der Waals surface area contributed by atoms with E-state index in [0.717, 1.165) is 5.56 Å². The molecule has 6 heteroatoms. The van der Waals surface area contributed by atoms with Crippen molar-refractivity contribution in [2.75, 3.05) is 5.32 Å². The molecule has 0 saturated carbocycles. The summed E-state index contributed by atoms with van der Waals surface area (Å²) in [6, 6.07) is 7.58. The number of aromatic carboxylic acids is 1. The van der Waals surface area contributed by atoms with Crippen molar-refractivity contribution in [3.05, 3.63) is 52.2 Å². The van der Waals surface area contributed by atoms with E-state index in [4.69, 9.17) is 5.11 Å². The Hall–Kier alpha value is -2.34. The van der Waals surface area contributed by atoms with E-state index in [2.05, 4.69) is 10.6 Å². The van der Waals surface area contributed by atoms with Crippen LogP contribution in [-0.2, 0) is 0 Å². The quantitative estimate of drug-likeness (QED) is 0.808. The Labute approximate surface area is 120 Å². The van der Waals surface area contributed by atoms with Gasteiger partial charge in [-0.05, 0) is 47.5 Å². The molecule has 0 aliphatic carbocycles. The van der Waals surface area contributed by atoms with Crippen LogP contribution in [0.1, 0.15) is 28.9 Å². The van der Waals surface area contributed by atoms with Gasteiger partial charge in [0.15, 0.2) is 0 Å². The number of hydrogen-bond donors (Lipinski definition) is 3. The fourth-order valence-corrected chi connectivity index (χ4v) is 2.45. The maximum Gasteiger partial charge on any atom is 0.335 e. The summed E-state index contributed by atoms with van der Waals surface area (Å²) in [6.45, 7) is 1.88. The van der Waals surface area contributed by atoms with Crippen LogP contribution in [0.3, 0.4) is 0 Å². The number of amides is 2. The van der Waals surface area contributed by atoms with Crippen LogP contribution in [0.2, 0.25) is 0 Å². The van der Waals surface area contributed by atoms with E-state index in [1.54, 1.807) is 23.5 Å². The summed E-state index contributed by atoms with van der Waals surface area (Å²) in [5, 5.41) is 18.2. The van der Waals surface area contributed by atoms with Gasteiger partial charge in [0, 0.05) is 5.69 Å². The molecule has 1 heterocycles. The predicted molar refractivity (Wildman–Crippen MR) is 78.3 cm³/mol. The highest BCUT2D eigenvalue weighted by molar-refractivity contribution is 7.07. The highest BCUT2D eigenvalue weighted by Crippen LogP contribution is 2.16. The van der Waals surface area contributed by atoms with Gasteiger partial charge in [0.2, 0.25) is 0 Å². The zero-order valence-electron chi connectivity index (χ0n) is 10.8. The highest BCUT2D eigenvalue weighted by Gasteiger charge is 2.10. The van der Waals surface area contributed by atoms with Crippen molar-refractivity contribution in [1.82, 2.24) is 5.32 Å². The third kappa shape index (κ3) is 3.58. The lowest BCUT2D eigenvalue weighted by molar-refractivity contribution is 0.0697. The molecular weight excluding hydrogens is 276 g/mol. The lowest BCUT2D eigenvalue weighted by Crippen LogP contribution is -2.31. The van der Waals surface area contributed by atoms with Crippen LogP contribution in [0.5, 0.6) is 0 Å². The predicted octanol–water partition coefficient (Wildman–Crippen LogP) is 3.33. The second kappa shape index (κ2) is 6.21. The van der Waals surface area contributed by atoms with Crippen LogP contribution in [0.15, 0.2) is 41.1 Å². The minimum atomic E-state index is -1.03. The van der Waals surface area contributed by atoms with Crippen molar-refractivity contribution < 1.29 is 14.7 Å². The number of carbonyl (C=O) groups excluding carboxylic acids is 1. The molecule has 0 fully saturated rings. The molecule has 1 unspecified atom stereocenters. The van der Waals surface area contributed by atoms with Crippen LogP contribution in [-0.4, -0.2) is 17.1 Å². The lowest BCUT2D eigenvalue weighted by Gasteiger charge is -2.13. The molecule has 5 nitrogen and oxygen atoms in total. The number of benzene rings is 1. The fraction of sp³-hybridized carbons (Fsp3) is 0.143. The molecular formula is C14H14N2O3S. The fourth-order valence-electron chi connectivity index (χ4n) is 1.70. The number of anilines is 1. The zero-order chi connectivity index (χ0) is 14.5. The number of thiophene rings is 1. The Morgan fingerprint density at radius 3 is 2.75 bits per heavy atom. The number of hydrogen-bond acceptors (Lipinski definition) is 3. The monoisotopic (exact) mass is 290 g/mol. The summed E-state index contributed by atoms with van der Waals surface area (Å²) in [6.07, 6.45) is 0. The molecule has 20 heavy (non-hydrogen) atoms. The molecule has 0 aliphatic rings. The Morgan fingerprint density at radius 2 is 2.10 bits per heavy atom. The molecule has 1 aromatic carbocycles. The minimum absolute atomic E-state index is 0.107. The van der Waals surface area contributed by atoms with Crippen LogP contribution in [0, 0.1) is 0 Å². The van der Waals surface area contributed by atoms with E-state index in [1.165, 1.54) is 12.1 Å². The Balaban J connectivity index is 1.98. The number of rotatable bonds is 4. The number of carboxylic acid groups (broad SMARTS) is 1. The van der Waals surface area contributed by atoms with E-state index < -0.39 is 5.97 Å². The average Bonchev–Trinajstić information content (AvgIpc) is 2.92.